The van der Waals surface area contributed by atoms with Gasteiger partial charge in [-0.05, 0) is 46.9 Å². The van der Waals surface area contributed by atoms with Crippen molar-refractivity contribution in [3.8, 4) is 0 Å². The van der Waals surface area contributed by atoms with Crippen molar-refractivity contribution in [3.05, 3.63) is 52.2 Å². The van der Waals surface area contributed by atoms with Crippen LogP contribution in [0.15, 0.2) is 46.0 Å². The van der Waals surface area contributed by atoms with Crippen molar-refractivity contribution in [3.63, 3.8) is 0 Å². The number of thiophene rings is 1. The number of hydrogen-bond acceptors (Lipinski definition) is 3. The Labute approximate surface area is 127 Å². The summed E-state index contributed by atoms with van der Waals surface area (Å²) in [6, 6.07) is 10.7. The van der Waals surface area contributed by atoms with E-state index < -0.39 is 0 Å². The molecular weight excluding hydrogens is 286 g/mol. The van der Waals surface area contributed by atoms with Gasteiger partial charge in [0.05, 0.1) is 6.04 Å². The zero-order valence-electron chi connectivity index (χ0n) is 11.2. The van der Waals surface area contributed by atoms with Crippen LogP contribution >= 0.6 is 23.1 Å². The molecule has 1 aliphatic rings. The Morgan fingerprint density at radius 1 is 1.30 bits per heavy atom. The van der Waals surface area contributed by atoms with E-state index >= 15 is 0 Å². The molecule has 3 rings (SSSR count). The molecule has 1 aliphatic heterocycles. The lowest BCUT2D eigenvalue weighted by Gasteiger charge is -2.25. The summed E-state index contributed by atoms with van der Waals surface area (Å²) < 4.78 is 0. The maximum absolute atomic E-state index is 12.1. The fraction of sp³-hybridized carbons (Fsp3) is 0.312. The first-order chi connectivity index (χ1) is 9.83. The topological polar surface area (TPSA) is 29.1 Å². The van der Waals surface area contributed by atoms with E-state index in [2.05, 4.69) is 46.4 Å². The predicted octanol–water partition coefficient (Wildman–Crippen LogP) is 4.03. The molecule has 20 heavy (non-hydrogen) atoms. The highest BCUT2D eigenvalue weighted by atomic mass is 32.2. The van der Waals surface area contributed by atoms with E-state index in [1.165, 1.54) is 16.0 Å². The maximum atomic E-state index is 12.1. The molecule has 104 valence electrons. The van der Waals surface area contributed by atoms with Gasteiger partial charge in [-0.3, -0.25) is 4.79 Å². The standard InChI is InChI=1S/C16H17NOS2/c18-16(6-5-12-7-9-19-11-12)17-14-8-10-20-15-4-2-1-3-13(14)15/h1-4,7,9,11,14H,5-6,8,10H2,(H,17,18)/t14-/m1/s1. The molecule has 0 bridgehead atoms. The summed E-state index contributed by atoms with van der Waals surface area (Å²) in [6.45, 7) is 0. The van der Waals surface area contributed by atoms with Gasteiger partial charge < -0.3 is 5.32 Å². The van der Waals surface area contributed by atoms with Crippen molar-refractivity contribution in [2.75, 3.05) is 5.75 Å². The van der Waals surface area contributed by atoms with Gasteiger partial charge in [0, 0.05) is 17.1 Å². The minimum atomic E-state index is 0.155. The molecule has 1 N–H and O–H groups in total. The minimum Gasteiger partial charge on any atom is -0.349 e. The van der Waals surface area contributed by atoms with Crippen molar-refractivity contribution < 1.29 is 4.79 Å². The van der Waals surface area contributed by atoms with Gasteiger partial charge in [0.1, 0.15) is 0 Å². The molecule has 0 saturated heterocycles. The van der Waals surface area contributed by atoms with Crippen LogP contribution in [-0.4, -0.2) is 11.7 Å². The second-order valence-corrected chi connectivity index (χ2v) is 6.84. The molecule has 1 amide bonds. The monoisotopic (exact) mass is 303 g/mol. The highest BCUT2D eigenvalue weighted by molar-refractivity contribution is 7.99. The molecule has 0 fully saturated rings. The summed E-state index contributed by atoms with van der Waals surface area (Å²) >= 11 is 3.56. The van der Waals surface area contributed by atoms with Crippen LogP contribution < -0.4 is 5.32 Å². The third-order valence-corrected chi connectivity index (χ3v) is 5.37. The van der Waals surface area contributed by atoms with Gasteiger partial charge in [0.15, 0.2) is 0 Å². The van der Waals surface area contributed by atoms with Crippen LogP contribution in [0.4, 0.5) is 0 Å². The molecule has 0 spiro atoms. The lowest BCUT2D eigenvalue weighted by molar-refractivity contribution is -0.121. The van der Waals surface area contributed by atoms with Crippen LogP contribution in [0.5, 0.6) is 0 Å². The van der Waals surface area contributed by atoms with Crippen LogP contribution in [-0.2, 0) is 11.2 Å². The Bertz CT molecular complexity index is 580. The lowest BCUT2D eigenvalue weighted by atomic mass is 10.0. The molecule has 2 nitrogen and oxygen atoms in total. The molecule has 0 aliphatic carbocycles. The van der Waals surface area contributed by atoms with Gasteiger partial charge >= 0.3 is 0 Å². The molecule has 1 aromatic heterocycles. The molecule has 0 saturated carbocycles. The summed E-state index contributed by atoms with van der Waals surface area (Å²) in [5.74, 6) is 1.23. The second kappa shape index (κ2) is 6.46. The fourth-order valence-electron chi connectivity index (χ4n) is 2.45. The van der Waals surface area contributed by atoms with E-state index in [0.29, 0.717) is 6.42 Å². The highest BCUT2D eigenvalue weighted by Gasteiger charge is 2.21. The summed E-state index contributed by atoms with van der Waals surface area (Å²) in [7, 11) is 0. The molecule has 4 heteroatoms. The van der Waals surface area contributed by atoms with Crippen LogP contribution in [0.3, 0.4) is 0 Å². The summed E-state index contributed by atoms with van der Waals surface area (Å²) in [5, 5.41) is 7.36. The molecule has 1 aromatic carbocycles. The summed E-state index contributed by atoms with van der Waals surface area (Å²) in [4.78, 5) is 13.4. The van der Waals surface area contributed by atoms with E-state index in [9.17, 15) is 4.79 Å². The maximum Gasteiger partial charge on any atom is 0.220 e. The van der Waals surface area contributed by atoms with E-state index in [4.69, 9.17) is 0 Å². The first-order valence-electron chi connectivity index (χ1n) is 6.85. The van der Waals surface area contributed by atoms with Crippen molar-refractivity contribution in [2.45, 2.75) is 30.2 Å². The zero-order chi connectivity index (χ0) is 13.8. The van der Waals surface area contributed by atoms with E-state index in [1.54, 1.807) is 11.3 Å². The van der Waals surface area contributed by atoms with Crippen molar-refractivity contribution in [1.82, 2.24) is 5.32 Å². The molecule has 0 unspecified atom stereocenters. The Morgan fingerprint density at radius 2 is 2.20 bits per heavy atom. The first-order valence-corrected chi connectivity index (χ1v) is 8.78. The van der Waals surface area contributed by atoms with Gasteiger partial charge in [-0.15, -0.1) is 11.8 Å². The Hall–Kier alpha value is -1.26. The van der Waals surface area contributed by atoms with Gasteiger partial charge in [0.2, 0.25) is 5.91 Å². The number of carbonyl (C=O) groups is 1. The number of rotatable bonds is 4. The molecule has 2 heterocycles. The largest absolute Gasteiger partial charge is 0.349 e. The number of aryl methyl sites for hydroxylation is 1. The summed E-state index contributed by atoms with van der Waals surface area (Å²) in [6.07, 6.45) is 2.42. The van der Waals surface area contributed by atoms with E-state index in [0.717, 1.165) is 18.6 Å². The Balaban J connectivity index is 1.59. The average Bonchev–Trinajstić information content (AvgIpc) is 2.99. The number of hydrogen-bond donors (Lipinski definition) is 1. The fourth-order valence-corrected chi connectivity index (χ4v) is 4.28. The minimum absolute atomic E-state index is 0.155. The van der Waals surface area contributed by atoms with Gasteiger partial charge in [0.25, 0.3) is 0 Å². The van der Waals surface area contributed by atoms with Crippen molar-refractivity contribution >= 4 is 29.0 Å². The van der Waals surface area contributed by atoms with Crippen molar-refractivity contribution in [1.29, 1.82) is 0 Å². The number of amides is 1. The Kier molecular flexibility index (Phi) is 4.43. The first kappa shape index (κ1) is 13.7. The normalized spacial score (nSPS) is 17.5. The summed E-state index contributed by atoms with van der Waals surface area (Å²) in [5.41, 5.74) is 2.53. The quantitative estimate of drug-likeness (QED) is 0.924. The van der Waals surface area contributed by atoms with Crippen LogP contribution in [0.1, 0.15) is 30.0 Å². The number of fused-ring (bicyclic) bond motifs is 1. The van der Waals surface area contributed by atoms with Crippen molar-refractivity contribution in [2.24, 2.45) is 0 Å². The predicted molar refractivity (Wildman–Crippen MR) is 85.3 cm³/mol. The molecule has 0 radical (unpaired) electrons. The zero-order valence-corrected chi connectivity index (χ0v) is 12.8. The molecule has 2 aromatic rings. The van der Waals surface area contributed by atoms with Crippen LogP contribution in [0, 0.1) is 0 Å². The number of carbonyl (C=O) groups excluding carboxylic acids is 1. The van der Waals surface area contributed by atoms with Crippen LogP contribution in [0.2, 0.25) is 0 Å². The smallest absolute Gasteiger partial charge is 0.220 e. The third kappa shape index (κ3) is 3.25. The highest BCUT2D eigenvalue weighted by Crippen LogP contribution is 2.35. The SMILES string of the molecule is O=C(CCc1ccsc1)N[C@@H]1CCSc2ccccc21. The van der Waals surface area contributed by atoms with E-state index in [1.807, 2.05) is 11.8 Å². The number of thioether (sulfide) groups is 1. The van der Waals surface area contributed by atoms with Gasteiger partial charge in [-0.1, -0.05) is 18.2 Å². The lowest BCUT2D eigenvalue weighted by Crippen LogP contribution is -2.30. The molecular formula is C16H17NOS2. The number of benzene rings is 1. The average molecular weight is 303 g/mol. The third-order valence-electron chi connectivity index (χ3n) is 3.51. The number of nitrogens with one attached hydrogen (secondary N) is 1. The van der Waals surface area contributed by atoms with Gasteiger partial charge in [-0.2, -0.15) is 11.3 Å². The second-order valence-electron chi connectivity index (χ2n) is 4.93. The van der Waals surface area contributed by atoms with Crippen LogP contribution in [0.25, 0.3) is 0 Å². The Morgan fingerprint density at radius 3 is 3.05 bits per heavy atom. The van der Waals surface area contributed by atoms with E-state index in [-0.39, 0.29) is 11.9 Å². The van der Waals surface area contributed by atoms with Gasteiger partial charge in [-0.25, -0.2) is 0 Å². The molecule has 1 atom stereocenters.